The van der Waals surface area contributed by atoms with E-state index >= 15 is 0 Å². The number of likely N-dealkylation sites (tertiary alicyclic amines) is 1. The molecule has 2 saturated heterocycles. The van der Waals surface area contributed by atoms with E-state index in [1.807, 2.05) is 0 Å². The van der Waals surface area contributed by atoms with Crippen LogP contribution in [0.1, 0.15) is 50.0 Å². The van der Waals surface area contributed by atoms with E-state index in [0.717, 1.165) is 38.8 Å². The fourth-order valence-electron chi connectivity index (χ4n) is 5.58. The van der Waals surface area contributed by atoms with Gasteiger partial charge in [0.05, 0.1) is 5.54 Å². The molecule has 4 fully saturated rings. The normalized spacial score (nSPS) is 26.9. The average molecular weight is 354 g/mol. The van der Waals surface area contributed by atoms with Gasteiger partial charge in [-0.05, 0) is 55.4 Å². The summed E-state index contributed by atoms with van der Waals surface area (Å²) in [6.07, 6.45) is 5.95. The lowest BCUT2D eigenvalue weighted by atomic mass is 9.56. The molecule has 2 amide bonds. The van der Waals surface area contributed by atoms with Gasteiger partial charge in [-0.2, -0.15) is 0 Å². The summed E-state index contributed by atoms with van der Waals surface area (Å²) in [5.74, 6) is 1.05. The van der Waals surface area contributed by atoms with Crippen molar-refractivity contribution in [2.75, 3.05) is 19.7 Å². The third-order valence-electron chi connectivity index (χ3n) is 7.24. The number of benzene rings is 1. The standard InChI is InChI=1S/C21H26N2O3/c24-18(17-12-21(13-17)14-26-19(25)22-21)23-8-6-20(7-9-23)10-16(11-20)15-4-2-1-3-5-15/h1-5,16-17H,6-14H2,(H,22,25). The lowest BCUT2D eigenvalue weighted by Gasteiger charge is -2.53. The molecule has 0 aromatic heterocycles. The molecule has 2 aliphatic carbocycles. The Labute approximate surface area is 154 Å². The Balaban J connectivity index is 1.12. The van der Waals surface area contributed by atoms with E-state index in [-0.39, 0.29) is 23.5 Å². The van der Waals surface area contributed by atoms with Gasteiger partial charge in [0.2, 0.25) is 5.91 Å². The minimum atomic E-state index is -0.339. The molecule has 2 heterocycles. The topological polar surface area (TPSA) is 58.6 Å². The van der Waals surface area contributed by atoms with Gasteiger partial charge in [-0.15, -0.1) is 0 Å². The number of alkyl carbamates (subject to hydrolysis) is 1. The van der Waals surface area contributed by atoms with Gasteiger partial charge in [0.15, 0.2) is 0 Å². The van der Waals surface area contributed by atoms with Crippen LogP contribution in [0.15, 0.2) is 30.3 Å². The molecular weight excluding hydrogens is 328 g/mol. The van der Waals surface area contributed by atoms with Crippen molar-refractivity contribution in [2.24, 2.45) is 11.3 Å². The second kappa shape index (κ2) is 5.73. The first-order chi connectivity index (χ1) is 12.6. The Morgan fingerprint density at radius 1 is 1.08 bits per heavy atom. The van der Waals surface area contributed by atoms with Gasteiger partial charge in [0.25, 0.3) is 0 Å². The maximum Gasteiger partial charge on any atom is 0.407 e. The Bertz CT molecular complexity index is 710. The highest BCUT2D eigenvalue weighted by molar-refractivity contribution is 5.81. The van der Waals surface area contributed by atoms with Crippen LogP contribution >= 0.6 is 0 Å². The lowest BCUT2D eigenvalue weighted by Crippen LogP contribution is -2.59. The molecule has 1 aromatic rings. The third-order valence-corrected chi connectivity index (χ3v) is 7.24. The number of hydrogen-bond donors (Lipinski definition) is 1. The Morgan fingerprint density at radius 3 is 2.38 bits per heavy atom. The summed E-state index contributed by atoms with van der Waals surface area (Å²) in [5, 5.41) is 2.87. The molecule has 0 unspecified atom stereocenters. The van der Waals surface area contributed by atoms with E-state index in [2.05, 4.69) is 40.5 Å². The molecule has 1 aromatic carbocycles. The largest absolute Gasteiger partial charge is 0.447 e. The van der Waals surface area contributed by atoms with Gasteiger partial charge in [-0.1, -0.05) is 30.3 Å². The fraction of sp³-hybridized carbons (Fsp3) is 0.619. The van der Waals surface area contributed by atoms with Crippen LogP contribution in [0, 0.1) is 11.3 Å². The number of carbonyl (C=O) groups excluding carboxylic acids is 2. The van der Waals surface area contributed by atoms with Crippen LogP contribution in [0.5, 0.6) is 0 Å². The smallest absolute Gasteiger partial charge is 0.407 e. The molecule has 2 spiro atoms. The molecule has 2 aliphatic heterocycles. The summed E-state index contributed by atoms with van der Waals surface area (Å²) < 4.78 is 5.01. The van der Waals surface area contributed by atoms with Gasteiger partial charge in [0.1, 0.15) is 6.61 Å². The molecule has 5 nitrogen and oxygen atoms in total. The number of carbonyl (C=O) groups is 2. The number of piperidine rings is 1. The van der Waals surface area contributed by atoms with Crippen molar-refractivity contribution >= 4 is 12.0 Å². The monoisotopic (exact) mass is 354 g/mol. The van der Waals surface area contributed by atoms with E-state index in [1.165, 1.54) is 18.4 Å². The van der Waals surface area contributed by atoms with Crippen LogP contribution in [0.3, 0.4) is 0 Å². The Hall–Kier alpha value is -2.04. The third kappa shape index (κ3) is 2.60. The quantitative estimate of drug-likeness (QED) is 0.888. The van der Waals surface area contributed by atoms with Crippen LogP contribution in [-0.2, 0) is 9.53 Å². The second-order valence-electron chi connectivity index (χ2n) is 8.93. The van der Waals surface area contributed by atoms with Crippen LogP contribution < -0.4 is 5.32 Å². The summed E-state index contributed by atoms with van der Waals surface area (Å²) >= 11 is 0. The fourth-order valence-corrected chi connectivity index (χ4v) is 5.58. The first-order valence-electron chi connectivity index (χ1n) is 9.85. The number of hydrogen-bond acceptors (Lipinski definition) is 3. The zero-order valence-electron chi connectivity index (χ0n) is 15.1. The van der Waals surface area contributed by atoms with Crippen LogP contribution in [-0.4, -0.2) is 42.1 Å². The summed E-state index contributed by atoms with van der Waals surface area (Å²) in [7, 11) is 0. The van der Waals surface area contributed by atoms with E-state index in [9.17, 15) is 9.59 Å². The number of nitrogens with zero attached hydrogens (tertiary/aromatic N) is 1. The van der Waals surface area contributed by atoms with Crippen molar-refractivity contribution in [3.63, 3.8) is 0 Å². The van der Waals surface area contributed by atoms with Crippen molar-refractivity contribution in [3.8, 4) is 0 Å². The molecule has 1 N–H and O–H groups in total. The maximum absolute atomic E-state index is 12.8. The molecule has 138 valence electrons. The van der Waals surface area contributed by atoms with Crippen molar-refractivity contribution in [1.82, 2.24) is 10.2 Å². The van der Waals surface area contributed by atoms with Crippen LogP contribution in [0.4, 0.5) is 4.79 Å². The summed E-state index contributed by atoms with van der Waals surface area (Å²) in [5.41, 5.74) is 1.67. The van der Waals surface area contributed by atoms with E-state index in [4.69, 9.17) is 4.74 Å². The molecule has 0 atom stereocenters. The lowest BCUT2D eigenvalue weighted by molar-refractivity contribution is -0.144. The number of cyclic esters (lactones) is 1. The molecule has 26 heavy (non-hydrogen) atoms. The first kappa shape index (κ1) is 16.2. The molecule has 0 radical (unpaired) electrons. The zero-order valence-corrected chi connectivity index (χ0v) is 15.1. The molecule has 4 aliphatic rings. The molecule has 5 rings (SSSR count). The average Bonchev–Trinajstić information content (AvgIpc) is 3.01. The number of rotatable bonds is 2. The van der Waals surface area contributed by atoms with E-state index in [1.54, 1.807) is 0 Å². The number of nitrogens with one attached hydrogen (secondary N) is 1. The highest BCUT2D eigenvalue weighted by atomic mass is 16.6. The minimum absolute atomic E-state index is 0.0597. The van der Waals surface area contributed by atoms with Gasteiger partial charge in [0, 0.05) is 19.0 Å². The number of amides is 2. The Kier molecular flexibility index (Phi) is 3.56. The van der Waals surface area contributed by atoms with Crippen molar-refractivity contribution in [2.45, 2.75) is 50.0 Å². The highest BCUT2D eigenvalue weighted by Crippen LogP contribution is 2.56. The summed E-state index contributed by atoms with van der Waals surface area (Å²) in [6, 6.07) is 10.8. The predicted octanol–water partition coefficient (Wildman–Crippen LogP) is 3.06. The number of ether oxygens (including phenoxy) is 1. The maximum atomic E-state index is 12.8. The molecular formula is C21H26N2O3. The van der Waals surface area contributed by atoms with E-state index < -0.39 is 0 Å². The minimum Gasteiger partial charge on any atom is -0.447 e. The van der Waals surface area contributed by atoms with E-state index in [0.29, 0.717) is 17.9 Å². The molecule has 5 heteroatoms. The van der Waals surface area contributed by atoms with Crippen LogP contribution in [0.25, 0.3) is 0 Å². The SMILES string of the molecule is O=C1NC2(CO1)CC(C(=O)N1CCC3(CC1)CC(c1ccccc1)C3)C2. The zero-order chi connectivity index (χ0) is 17.8. The molecule has 2 saturated carbocycles. The summed E-state index contributed by atoms with van der Waals surface area (Å²) in [4.78, 5) is 26.1. The van der Waals surface area contributed by atoms with Gasteiger partial charge < -0.3 is 15.0 Å². The first-order valence-corrected chi connectivity index (χ1v) is 9.85. The van der Waals surface area contributed by atoms with Gasteiger partial charge in [-0.3, -0.25) is 4.79 Å². The molecule has 0 bridgehead atoms. The summed E-state index contributed by atoms with van der Waals surface area (Å²) in [6.45, 7) is 2.21. The predicted molar refractivity (Wildman–Crippen MR) is 96.6 cm³/mol. The van der Waals surface area contributed by atoms with Crippen molar-refractivity contribution < 1.29 is 14.3 Å². The van der Waals surface area contributed by atoms with Gasteiger partial charge in [-0.25, -0.2) is 4.79 Å². The highest BCUT2D eigenvalue weighted by Gasteiger charge is 2.54. The second-order valence-corrected chi connectivity index (χ2v) is 8.93. The van der Waals surface area contributed by atoms with Crippen molar-refractivity contribution in [3.05, 3.63) is 35.9 Å². The van der Waals surface area contributed by atoms with Crippen LogP contribution in [0.2, 0.25) is 0 Å². The Morgan fingerprint density at radius 2 is 1.77 bits per heavy atom. The van der Waals surface area contributed by atoms with Crippen molar-refractivity contribution in [1.29, 1.82) is 0 Å². The van der Waals surface area contributed by atoms with Gasteiger partial charge >= 0.3 is 6.09 Å².